The minimum absolute atomic E-state index is 0.0855. The lowest BCUT2D eigenvalue weighted by molar-refractivity contribution is -0.164. The van der Waals surface area contributed by atoms with Gasteiger partial charge in [-0.15, -0.1) is 23.1 Å². The van der Waals surface area contributed by atoms with Gasteiger partial charge in [0.1, 0.15) is 0 Å². The van der Waals surface area contributed by atoms with Crippen molar-refractivity contribution in [3.05, 3.63) is 17.5 Å². The molecule has 0 unspecified atom stereocenters. The first-order valence-corrected chi connectivity index (χ1v) is 8.98. The molecule has 1 aromatic rings. The number of carboxylic acid groups (broad SMARTS) is 1. The van der Waals surface area contributed by atoms with E-state index in [1.165, 1.54) is 30.0 Å². The second kappa shape index (κ2) is 9.11. The van der Waals surface area contributed by atoms with Crippen LogP contribution in [-0.2, 0) is 19.1 Å². The van der Waals surface area contributed by atoms with Gasteiger partial charge in [-0.05, 0) is 11.4 Å². The molecule has 1 heterocycles. The van der Waals surface area contributed by atoms with Crippen molar-refractivity contribution in [2.75, 3.05) is 11.5 Å². The summed E-state index contributed by atoms with van der Waals surface area (Å²) >= 11 is 3.86. The van der Waals surface area contributed by atoms with Crippen LogP contribution in [-0.4, -0.2) is 39.8 Å². The van der Waals surface area contributed by atoms with Crippen molar-refractivity contribution in [2.24, 2.45) is 5.92 Å². The van der Waals surface area contributed by atoms with E-state index >= 15 is 0 Å². The summed E-state index contributed by atoms with van der Waals surface area (Å²) in [5.74, 6) is -1.83. The summed E-state index contributed by atoms with van der Waals surface area (Å²) in [6.07, 6.45) is -1.19. The molecule has 2 atom stereocenters. The zero-order valence-electron chi connectivity index (χ0n) is 11.6. The van der Waals surface area contributed by atoms with Crippen molar-refractivity contribution in [2.45, 2.75) is 24.2 Å². The second-order valence-electron chi connectivity index (χ2n) is 4.21. The van der Waals surface area contributed by atoms with Gasteiger partial charge in [-0.25, -0.2) is 4.79 Å². The number of ether oxygens (including phenoxy) is 1. The molecule has 0 fully saturated rings. The lowest BCUT2D eigenvalue weighted by atomic mass is 10.2. The lowest BCUT2D eigenvalue weighted by Crippen LogP contribution is -2.32. The molecule has 0 aliphatic heterocycles. The number of aliphatic carboxylic acids is 1. The van der Waals surface area contributed by atoms with E-state index in [9.17, 15) is 14.4 Å². The number of carbonyl (C=O) groups is 3. The van der Waals surface area contributed by atoms with Crippen LogP contribution in [0.15, 0.2) is 21.7 Å². The number of esters is 1. The van der Waals surface area contributed by atoms with Crippen LogP contribution in [0.25, 0.3) is 0 Å². The van der Waals surface area contributed by atoms with Gasteiger partial charge in [0.25, 0.3) is 0 Å². The molecule has 0 saturated heterocycles. The molecule has 21 heavy (non-hydrogen) atoms. The van der Waals surface area contributed by atoms with Crippen LogP contribution in [0.4, 0.5) is 0 Å². The number of thiophene rings is 1. The zero-order valence-corrected chi connectivity index (χ0v) is 14.1. The molecule has 0 saturated carbocycles. The molecule has 116 valence electrons. The van der Waals surface area contributed by atoms with Gasteiger partial charge in [-0.3, -0.25) is 9.59 Å². The van der Waals surface area contributed by atoms with E-state index in [0.29, 0.717) is 5.75 Å². The van der Waals surface area contributed by atoms with E-state index in [1.807, 2.05) is 17.5 Å². The van der Waals surface area contributed by atoms with Gasteiger partial charge in [-0.1, -0.05) is 24.8 Å². The Bertz CT molecular complexity index is 486. The first-order valence-electron chi connectivity index (χ1n) is 6.13. The van der Waals surface area contributed by atoms with Crippen molar-refractivity contribution >= 4 is 51.9 Å². The highest BCUT2D eigenvalue weighted by molar-refractivity contribution is 8.13. The fourth-order valence-corrected chi connectivity index (χ4v) is 3.64. The first-order chi connectivity index (χ1) is 9.90. The molecule has 1 N–H and O–H groups in total. The summed E-state index contributed by atoms with van der Waals surface area (Å²) in [6, 6.07) is 3.75. The third-order valence-corrected chi connectivity index (χ3v) is 5.61. The highest BCUT2D eigenvalue weighted by Crippen LogP contribution is 2.25. The van der Waals surface area contributed by atoms with E-state index in [4.69, 9.17) is 9.84 Å². The summed E-state index contributed by atoms with van der Waals surface area (Å²) in [6.45, 7) is 3.03. The van der Waals surface area contributed by atoms with E-state index in [1.54, 1.807) is 6.92 Å². The van der Waals surface area contributed by atoms with Crippen LogP contribution < -0.4 is 0 Å². The Morgan fingerprint density at radius 2 is 2.10 bits per heavy atom. The molecule has 0 aliphatic carbocycles. The van der Waals surface area contributed by atoms with Gasteiger partial charge < -0.3 is 9.84 Å². The maximum absolute atomic E-state index is 11.8. The minimum Gasteiger partial charge on any atom is -0.478 e. The predicted molar refractivity (Wildman–Crippen MR) is 84.9 cm³/mol. The fraction of sp³-hybridized carbons (Fsp3) is 0.462. The highest BCUT2D eigenvalue weighted by Gasteiger charge is 2.25. The van der Waals surface area contributed by atoms with Crippen molar-refractivity contribution in [3.63, 3.8) is 0 Å². The minimum atomic E-state index is -1.19. The zero-order chi connectivity index (χ0) is 15.8. The normalized spacial score (nSPS) is 13.4. The Kier molecular flexibility index (Phi) is 7.84. The van der Waals surface area contributed by atoms with Gasteiger partial charge in [0.05, 0.1) is 10.1 Å². The third kappa shape index (κ3) is 7.01. The maximum atomic E-state index is 11.8. The number of thioether (sulfide) groups is 2. The summed E-state index contributed by atoms with van der Waals surface area (Å²) < 4.78 is 5.99. The van der Waals surface area contributed by atoms with Gasteiger partial charge >= 0.3 is 11.9 Å². The van der Waals surface area contributed by atoms with E-state index in [0.717, 1.165) is 16.0 Å². The van der Waals surface area contributed by atoms with Gasteiger partial charge in [0.2, 0.25) is 6.10 Å². The third-order valence-electron chi connectivity index (χ3n) is 2.34. The molecule has 1 aromatic heterocycles. The smallest absolute Gasteiger partial charge is 0.345 e. The van der Waals surface area contributed by atoms with E-state index < -0.39 is 24.0 Å². The Balaban J connectivity index is 2.47. The molecule has 1 rings (SSSR count). The van der Waals surface area contributed by atoms with Crippen molar-refractivity contribution in [3.8, 4) is 0 Å². The van der Waals surface area contributed by atoms with E-state index in [2.05, 4.69) is 0 Å². The first kappa shape index (κ1) is 18.1. The summed E-state index contributed by atoms with van der Waals surface area (Å²) in [5, 5.41) is 10.9. The largest absolute Gasteiger partial charge is 0.478 e. The molecule has 0 aromatic carbocycles. The second-order valence-corrected chi connectivity index (χ2v) is 7.68. The standard InChI is InChI=1S/C13H16O5S3/c1-8(6-20-9(2)14)13(17)18-10(12(15)16)7-21-11-4-3-5-19-11/h3-5,8,10H,6-7H2,1-2H3,(H,15,16)/t8-,10+/m1/s1. The van der Waals surface area contributed by atoms with Crippen LogP contribution in [0.5, 0.6) is 0 Å². The Labute approximate surface area is 135 Å². The molecule has 0 amide bonds. The van der Waals surface area contributed by atoms with Crippen LogP contribution in [0, 0.1) is 5.92 Å². The molecular weight excluding hydrogens is 332 g/mol. The molecule has 0 bridgehead atoms. The number of carboxylic acids is 1. The molecule has 8 heteroatoms. The summed E-state index contributed by atoms with van der Waals surface area (Å²) in [4.78, 5) is 33.8. The summed E-state index contributed by atoms with van der Waals surface area (Å²) in [5.41, 5.74) is 0. The Morgan fingerprint density at radius 3 is 2.62 bits per heavy atom. The molecule has 5 nitrogen and oxygen atoms in total. The topological polar surface area (TPSA) is 80.7 Å². The van der Waals surface area contributed by atoms with Crippen LogP contribution in [0.3, 0.4) is 0 Å². The maximum Gasteiger partial charge on any atom is 0.345 e. The molecule has 0 spiro atoms. The van der Waals surface area contributed by atoms with Crippen LogP contribution >= 0.6 is 34.9 Å². The van der Waals surface area contributed by atoms with Crippen LogP contribution in [0.1, 0.15) is 13.8 Å². The van der Waals surface area contributed by atoms with Crippen molar-refractivity contribution in [1.29, 1.82) is 0 Å². The summed E-state index contributed by atoms with van der Waals surface area (Å²) in [7, 11) is 0. The lowest BCUT2D eigenvalue weighted by Gasteiger charge is -2.16. The highest BCUT2D eigenvalue weighted by atomic mass is 32.2. The predicted octanol–water partition coefficient (Wildman–Crippen LogP) is 2.75. The molecular formula is C13H16O5S3. The van der Waals surface area contributed by atoms with Crippen molar-refractivity contribution in [1.82, 2.24) is 0 Å². The monoisotopic (exact) mass is 348 g/mol. The average molecular weight is 348 g/mol. The number of hydrogen-bond acceptors (Lipinski definition) is 7. The molecule has 0 radical (unpaired) electrons. The fourth-order valence-electron chi connectivity index (χ4n) is 1.23. The van der Waals surface area contributed by atoms with Crippen LogP contribution in [0.2, 0.25) is 0 Å². The number of rotatable bonds is 8. The SMILES string of the molecule is CC(=O)SC[C@@H](C)C(=O)O[C@@H](CSc1cccs1)C(=O)O. The van der Waals surface area contributed by atoms with Crippen molar-refractivity contribution < 1.29 is 24.2 Å². The quantitative estimate of drug-likeness (QED) is 0.571. The van der Waals surface area contributed by atoms with Gasteiger partial charge in [0, 0.05) is 18.4 Å². The van der Waals surface area contributed by atoms with Gasteiger partial charge in [-0.2, -0.15) is 0 Å². The average Bonchev–Trinajstić information content (AvgIpc) is 2.93. The Hall–Kier alpha value is -0.990. The van der Waals surface area contributed by atoms with E-state index in [-0.39, 0.29) is 10.9 Å². The molecule has 0 aliphatic rings. The van der Waals surface area contributed by atoms with Gasteiger partial charge in [0.15, 0.2) is 5.12 Å². The number of carbonyl (C=O) groups excluding carboxylic acids is 2. The number of hydrogen-bond donors (Lipinski definition) is 1. The Morgan fingerprint density at radius 1 is 1.38 bits per heavy atom.